The number of thiophene rings is 1. The van der Waals surface area contributed by atoms with Gasteiger partial charge in [0.2, 0.25) is 6.79 Å². The van der Waals surface area contributed by atoms with E-state index in [0.29, 0.717) is 12.7 Å². The second kappa shape index (κ2) is 9.98. The number of hydrogen-bond donors (Lipinski definition) is 0. The molecule has 6 heteroatoms. The molecule has 0 spiro atoms. The predicted octanol–water partition coefficient (Wildman–Crippen LogP) is 5.07. The van der Waals surface area contributed by atoms with Crippen LogP contribution in [0.3, 0.4) is 0 Å². The molecule has 172 valence electrons. The van der Waals surface area contributed by atoms with Gasteiger partial charge in [0, 0.05) is 19.6 Å². The van der Waals surface area contributed by atoms with Crippen molar-refractivity contribution in [3.63, 3.8) is 0 Å². The molecule has 5 nitrogen and oxygen atoms in total. The van der Waals surface area contributed by atoms with E-state index in [-0.39, 0.29) is 11.9 Å². The van der Waals surface area contributed by atoms with Gasteiger partial charge in [0.25, 0.3) is 5.91 Å². The molecule has 1 atom stereocenters. The van der Waals surface area contributed by atoms with E-state index in [4.69, 9.17) is 9.47 Å². The van der Waals surface area contributed by atoms with Crippen LogP contribution in [0.1, 0.15) is 33.6 Å². The number of hydrogen-bond acceptors (Lipinski definition) is 5. The van der Waals surface area contributed by atoms with Crippen molar-refractivity contribution >= 4 is 17.2 Å². The number of likely N-dealkylation sites (N-methyl/N-ethyl adjacent to an activating group) is 1. The van der Waals surface area contributed by atoms with Crippen molar-refractivity contribution in [2.24, 2.45) is 5.92 Å². The fourth-order valence-corrected chi connectivity index (χ4v) is 5.70. The van der Waals surface area contributed by atoms with Gasteiger partial charge in [0.15, 0.2) is 11.5 Å². The molecule has 1 fully saturated rings. The lowest BCUT2D eigenvalue weighted by molar-refractivity contribution is 0.0589. The summed E-state index contributed by atoms with van der Waals surface area (Å²) in [5, 5.41) is 1.97. The predicted molar refractivity (Wildman–Crippen MR) is 131 cm³/mol. The molecule has 3 heterocycles. The van der Waals surface area contributed by atoms with Crippen LogP contribution in [0.15, 0.2) is 66.0 Å². The van der Waals surface area contributed by atoms with E-state index in [2.05, 4.69) is 41.3 Å². The highest BCUT2D eigenvalue weighted by atomic mass is 32.1. The Labute approximate surface area is 199 Å². The number of likely N-dealkylation sites (tertiary alicyclic amines) is 1. The third-order valence-electron chi connectivity index (χ3n) is 6.86. The SMILES string of the molecule is CN(C(=O)c1cccs1)[C@H](Cc1ccccc1)C1CCN(Cc2ccc3c(c2)OCO3)CC1. The number of carbonyl (C=O) groups excluding carboxylic acids is 1. The van der Waals surface area contributed by atoms with Gasteiger partial charge in [0.1, 0.15) is 0 Å². The number of fused-ring (bicyclic) bond motifs is 1. The molecule has 0 saturated carbocycles. The van der Waals surface area contributed by atoms with Crippen LogP contribution in [0.5, 0.6) is 11.5 Å². The lowest BCUT2D eigenvalue weighted by Gasteiger charge is -2.40. The smallest absolute Gasteiger partial charge is 0.263 e. The summed E-state index contributed by atoms with van der Waals surface area (Å²) in [7, 11) is 1.98. The summed E-state index contributed by atoms with van der Waals surface area (Å²) in [4.78, 5) is 18.5. The minimum absolute atomic E-state index is 0.133. The summed E-state index contributed by atoms with van der Waals surface area (Å²) in [5.74, 6) is 2.29. The Hall–Kier alpha value is -2.83. The van der Waals surface area contributed by atoms with Crippen LogP contribution < -0.4 is 9.47 Å². The van der Waals surface area contributed by atoms with Gasteiger partial charge in [-0.15, -0.1) is 11.3 Å². The third kappa shape index (κ3) is 5.07. The molecule has 2 aromatic carbocycles. The molecule has 0 radical (unpaired) electrons. The first-order chi connectivity index (χ1) is 16.2. The molecular formula is C27H30N2O3S. The number of ether oxygens (including phenoxy) is 2. The fraction of sp³-hybridized carbons (Fsp3) is 0.370. The molecule has 0 aliphatic carbocycles. The zero-order valence-corrected chi connectivity index (χ0v) is 19.8. The average molecular weight is 463 g/mol. The Bertz CT molecular complexity index is 1060. The quantitative estimate of drug-likeness (QED) is 0.492. The second-order valence-electron chi connectivity index (χ2n) is 8.95. The Kier molecular flexibility index (Phi) is 6.65. The highest BCUT2D eigenvalue weighted by Crippen LogP contribution is 2.34. The van der Waals surface area contributed by atoms with Crippen LogP contribution in [-0.2, 0) is 13.0 Å². The van der Waals surface area contributed by atoms with E-state index in [0.717, 1.165) is 55.3 Å². The maximum atomic E-state index is 13.2. The van der Waals surface area contributed by atoms with Crippen LogP contribution in [0.25, 0.3) is 0 Å². The molecular weight excluding hydrogens is 432 g/mol. The van der Waals surface area contributed by atoms with Crippen molar-refractivity contribution in [1.29, 1.82) is 0 Å². The van der Waals surface area contributed by atoms with Gasteiger partial charge in [-0.05, 0) is 73.0 Å². The van der Waals surface area contributed by atoms with Crippen molar-refractivity contribution in [3.05, 3.63) is 82.0 Å². The molecule has 3 aromatic rings. The second-order valence-corrected chi connectivity index (χ2v) is 9.90. The molecule has 33 heavy (non-hydrogen) atoms. The van der Waals surface area contributed by atoms with Gasteiger partial charge >= 0.3 is 0 Å². The van der Waals surface area contributed by atoms with E-state index in [1.807, 2.05) is 41.6 Å². The van der Waals surface area contributed by atoms with Crippen molar-refractivity contribution in [3.8, 4) is 11.5 Å². The molecule has 1 amide bonds. The van der Waals surface area contributed by atoms with Crippen molar-refractivity contribution < 1.29 is 14.3 Å². The number of carbonyl (C=O) groups is 1. The van der Waals surface area contributed by atoms with Crippen LogP contribution in [0, 0.1) is 5.92 Å². The summed E-state index contributed by atoms with van der Waals surface area (Å²) in [6.07, 6.45) is 3.06. The zero-order valence-electron chi connectivity index (χ0n) is 19.0. The Morgan fingerprint density at radius 3 is 2.58 bits per heavy atom. The summed E-state index contributed by atoms with van der Waals surface area (Å²) in [6, 6.07) is 20.9. The van der Waals surface area contributed by atoms with Crippen molar-refractivity contribution in [1.82, 2.24) is 9.80 Å². The number of rotatable bonds is 7. The summed E-state index contributed by atoms with van der Waals surface area (Å²) in [6.45, 7) is 3.29. The normalized spacial score (nSPS) is 17.1. The molecule has 0 N–H and O–H groups in total. The fourth-order valence-electron chi connectivity index (χ4n) is 4.99. The molecule has 1 aromatic heterocycles. The van der Waals surface area contributed by atoms with Gasteiger partial charge in [-0.3, -0.25) is 9.69 Å². The van der Waals surface area contributed by atoms with Crippen molar-refractivity contribution in [2.45, 2.75) is 31.8 Å². The minimum Gasteiger partial charge on any atom is -0.454 e. The van der Waals surface area contributed by atoms with Crippen LogP contribution in [0.2, 0.25) is 0 Å². The highest BCUT2D eigenvalue weighted by Gasteiger charge is 2.32. The molecule has 0 bridgehead atoms. The Balaban J connectivity index is 1.25. The highest BCUT2D eigenvalue weighted by molar-refractivity contribution is 7.12. The number of amides is 1. The summed E-state index contributed by atoms with van der Waals surface area (Å²) in [5.41, 5.74) is 2.54. The summed E-state index contributed by atoms with van der Waals surface area (Å²) < 4.78 is 11.0. The largest absolute Gasteiger partial charge is 0.454 e. The van der Waals surface area contributed by atoms with Gasteiger partial charge in [-0.1, -0.05) is 42.5 Å². The Morgan fingerprint density at radius 1 is 1.03 bits per heavy atom. The topological polar surface area (TPSA) is 42.0 Å². The zero-order chi connectivity index (χ0) is 22.6. The van der Waals surface area contributed by atoms with Gasteiger partial charge in [0.05, 0.1) is 4.88 Å². The Morgan fingerprint density at radius 2 is 1.82 bits per heavy atom. The molecule has 0 unspecified atom stereocenters. The van der Waals surface area contributed by atoms with Crippen LogP contribution in [-0.4, -0.2) is 48.7 Å². The maximum absolute atomic E-state index is 13.2. The van der Waals surface area contributed by atoms with E-state index in [1.165, 1.54) is 22.5 Å². The molecule has 5 rings (SSSR count). The first-order valence-electron chi connectivity index (χ1n) is 11.6. The van der Waals surface area contributed by atoms with E-state index < -0.39 is 0 Å². The van der Waals surface area contributed by atoms with E-state index >= 15 is 0 Å². The lowest BCUT2D eigenvalue weighted by atomic mass is 9.84. The minimum atomic E-state index is 0.133. The van der Waals surface area contributed by atoms with Gasteiger partial charge in [-0.25, -0.2) is 0 Å². The molecule has 2 aliphatic heterocycles. The average Bonchev–Trinajstić information content (AvgIpc) is 3.55. The monoisotopic (exact) mass is 462 g/mol. The standard InChI is InChI=1S/C27H30N2O3S/c1-28(27(30)26-8-5-15-33-26)23(16-20-6-3-2-4-7-20)22-11-13-29(14-12-22)18-21-9-10-24-25(17-21)32-19-31-24/h2-10,15,17,22-23H,11-14,16,18-19H2,1H3/t23-/m1/s1. The first kappa shape index (κ1) is 22.0. The van der Waals surface area contributed by atoms with Gasteiger partial charge < -0.3 is 14.4 Å². The van der Waals surface area contributed by atoms with Crippen LogP contribution >= 0.6 is 11.3 Å². The van der Waals surface area contributed by atoms with E-state index in [9.17, 15) is 4.79 Å². The van der Waals surface area contributed by atoms with Crippen LogP contribution in [0.4, 0.5) is 0 Å². The van der Waals surface area contributed by atoms with E-state index in [1.54, 1.807) is 0 Å². The first-order valence-corrected chi connectivity index (χ1v) is 12.5. The number of piperidine rings is 1. The summed E-state index contributed by atoms with van der Waals surface area (Å²) >= 11 is 1.52. The van der Waals surface area contributed by atoms with Crippen molar-refractivity contribution in [2.75, 3.05) is 26.9 Å². The molecule has 2 aliphatic rings. The lowest BCUT2D eigenvalue weighted by Crippen LogP contribution is -2.47. The number of benzene rings is 2. The number of nitrogens with zero attached hydrogens (tertiary/aromatic N) is 2. The molecule has 1 saturated heterocycles. The maximum Gasteiger partial charge on any atom is 0.263 e. The third-order valence-corrected chi connectivity index (χ3v) is 7.71. The van der Waals surface area contributed by atoms with Gasteiger partial charge in [-0.2, -0.15) is 0 Å².